The van der Waals surface area contributed by atoms with E-state index in [-0.39, 0.29) is 12.1 Å². The lowest BCUT2D eigenvalue weighted by Gasteiger charge is -2.12. The first-order valence-electron chi connectivity index (χ1n) is 4.89. The van der Waals surface area contributed by atoms with Gasteiger partial charge in [-0.15, -0.1) is 0 Å². The van der Waals surface area contributed by atoms with Gasteiger partial charge < -0.3 is 4.57 Å². The number of nitrogens with one attached hydrogen (secondary N) is 1. The highest BCUT2D eigenvalue weighted by Gasteiger charge is 2.27. The predicted octanol–water partition coefficient (Wildman–Crippen LogP) is 2.82. The number of aromatic nitrogens is 2. The van der Waals surface area contributed by atoms with Crippen LogP contribution in [0.2, 0.25) is 0 Å². The Morgan fingerprint density at radius 1 is 1.50 bits per heavy atom. The van der Waals surface area contributed by atoms with E-state index in [0.717, 1.165) is 5.69 Å². The molecule has 0 bridgehead atoms. The molecule has 0 aliphatic rings. The summed E-state index contributed by atoms with van der Waals surface area (Å²) in [5, 5.41) is 1.50. The van der Waals surface area contributed by atoms with Gasteiger partial charge >= 0.3 is 6.30 Å². The molecular formula is C10H14F3N3. The molecule has 0 amide bonds. The first kappa shape index (κ1) is 12.6. The van der Waals surface area contributed by atoms with Gasteiger partial charge in [0, 0.05) is 18.1 Å². The van der Waals surface area contributed by atoms with Gasteiger partial charge in [0.25, 0.3) is 0 Å². The van der Waals surface area contributed by atoms with Crippen LogP contribution in [0, 0.1) is 13.8 Å². The Morgan fingerprint density at radius 2 is 2.12 bits per heavy atom. The monoisotopic (exact) mass is 233 g/mol. The number of hydrogen-bond donors (Lipinski definition) is 1. The Kier molecular flexibility index (Phi) is 3.62. The van der Waals surface area contributed by atoms with Gasteiger partial charge in [-0.3, -0.25) is 5.32 Å². The van der Waals surface area contributed by atoms with Crippen LogP contribution in [0.3, 0.4) is 0 Å². The van der Waals surface area contributed by atoms with Crippen LogP contribution in [0.1, 0.15) is 24.9 Å². The quantitative estimate of drug-likeness (QED) is 0.813. The molecule has 90 valence electrons. The molecular weight excluding hydrogens is 219 g/mol. The molecule has 0 saturated heterocycles. The molecule has 0 saturated carbocycles. The number of halogens is 3. The molecule has 1 N–H and O–H groups in total. The highest BCUT2D eigenvalue weighted by molar-refractivity contribution is 5.32. The second kappa shape index (κ2) is 4.59. The summed E-state index contributed by atoms with van der Waals surface area (Å²) in [6.07, 6.45) is -1.03. The summed E-state index contributed by atoms with van der Waals surface area (Å²) in [6, 6.07) is 0. The molecule has 3 nitrogen and oxygen atoms in total. The number of alkyl halides is 3. The second-order valence-electron chi connectivity index (χ2n) is 3.47. The predicted molar refractivity (Wildman–Crippen MR) is 55.5 cm³/mol. The van der Waals surface area contributed by atoms with Gasteiger partial charge in [0.05, 0.1) is 5.69 Å². The summed E-state index contributed by atoms with van der Waals surface area (Å²) in [5.74, 6) is 0.660. The van der Waals surface area contributed by atoms with Crippen molar-refractivity contribution in [3.05, 3.63) is 23.4 Å². The van der Waals surface area contributed by atoms with Crippen LogP contribution in [0.25, 0.3) is 6.20 Å². The van der Waals surface area contributed by atoms with Crippen molar-refractivity contribution in [2.75, 3.05) is 0 Å². The zero-order valence-electron chi connectivity index (χ0n) is 9.39. The molecule has 0 spiro atoms. The van der Waals surface area contributed by atoms with E-state index in [1.54, 1.807) is 31.5 Å². The van der Waals surface area contributed by atoms with Crippen molar-refractivity contribution in [3.63, 3.8) is 0 Å². The van der Waals surface area contributed by atoms with Crippen LogP contribution < -0.4 is 5.32 Å². The summed E-state index contributed by atoms with van der Waals surface area (Å²) in [5.41, 5.74) is 0.879. The average Bonchev–Trinajstić information content (AvgIpc) is 2.41. The maximum Gasteiger partial charge on any atom is 0.482 e. The van der Waals surface area contributed by atoms with Crippen molar-refractivity contribution in [1.82, 2.24) is 14.9 Å². The van der Waals surface area contributed by atoms with Gasteiger partial charge in [-0.05, 0) is 20.3 Å². The number of nitrogens with zero attached hydrogens (tertiary/aromatic N) is 2. The highest BCUT2D eigenvalue weighted by atomic mass is 19.4. The lowest BCUT2D eigenvalue weighted by Crippen LogP contribution is -2.30. The third kappa shape index (κ3) is 3.60. The van der Waals surface area contributed by atoms with Crippen molar-refractivity contribution in [2.24, 2.45) is 0 Å². The highest BCUT2D eigenvalue weighted by Crippen LogP contribution is 2.15. The lowest BCUT2D eigenvalue weighted by atomic mass is 10.3. The van der Waals surface area contributed by atoms with Crippen molar-refractivity contribution >= 4 is 6.20 Å². The standard InChI is InChI=1S/C10H14F3N3/c1-4-9(15-10(11,12)13)6-16-5-7(2)14-8(16)3/h5-6,15H,4H2,1-3H3/b9-6+. The topological polar surface area (TPSA) is 29.9 Å². The molecule has 0 aliphatic heterocycles. The number of aryl methyl sites for hydroxylation is 2. The molecule has 0 aliphatic carbocycles. The third-order valence-corrected chi connectivity index (χ3v) is 2.02. The molecule has 1 aromatic heterocycles. The van der Waals surface area contributed by atoms with Crippen LogP contribution >= 0.6 is 0 Å². The molecule has 1 aromatic rings. The third-order valence-electron chi connectivity index (χ3n) is 2.02. The smallest absolute Gasteiger partial charge is 0.309 e. The molecule has 0 unspecified atom stereocenters. The van der Waals surface area contributed by atoms with E-state index in [1.165, 1.54) is 11.5 Å². The Hall–Kier alpha value is -1.46. The summed E-state index contributed by atoms with van der Waals surface area (Å²) in [4.78, 5) is 4.10. The fourth-order valence-corrected chi connectivity index (χ4v) is 1.33. The minimum Gasteiger partial charge on any atom is -0.309 e. The number of imidazole rings is 1. The number of hydrogen-bond acceptors (Lipinski definition) is 2. The first-order valence-corrected chi connectivity index (χ1v) is 4.89. The van der Waals surface area contributed by atoms with Crippen LogP contribution in [0.15, 0.2) is 11.9 Å². The van der Waals surface area contributed by atoms with Gasteiger partial charge in [0.1, 0.15) is 5.82 Å². The summed E-state index contributed by atoms with van der Waals surface area (Å²) < 4.78 is 37.9. The van der Waals surface area contributed by atoms with E-state index < -0.39 is 6.30 Å². The normalized spacial score (nSPS) is 13.0. The van der Waals surface area contributed by atoms with E-state index >= 15 is 0 Å². The van der Waals surface area contributed by atoms with E-state index in [2.05, 4.69) is 4.98 Å². The van der Waals surface area contributed by atoms with Crippen molar-refractivity contribution < 1.29 is 13.2 Å². The SMILES string of the molecule is CC/C(=C\n1cc(C)nc1C)NC(F)(F)F. The van der Waals surface area contributed by atoms with Crippen molar-refractivity contribution in [1.29, 1.82) is 0 Å². The van der Waals surface area contributed by atoms with Crippen LogP contribution in [-0.2, 0) is 0 Å². The van der Waals surface area contributed by atoms with Crippen LogP contribution in [0.5, 0.6) is 0 Å². The summed E-state index contributed by atoms with van der Waals surface area (Å²) in [7, 11) is 0. The van der Waals surface area contributed by atoms with Crippen LogP contribution in [0.4, 0.5) is 13.2 Å². The van der Waals surface area contributed by atoms with Crippen LogP contribution in [-0.4, -0.2) is 15.9 Å². The number of rotatable bonds is 3. The maximum absolute atomic E-state index is 12.1. The van der Waals surface area contributed by atoms with Gasteiger partial charge in [-0.1, -0.05) is 6.92 Å². The molecule has 6 heteroatoms. The van der Waals surface area contributed by atoms with E-state index in [9.17, 15) is 13.2 Å². The average molecular weight is 233 g/mol. The molecule has 0 aromatic carbocycles. The lowest BCUT2D eigenvalue weighted by molar-refractivity contribution is -0.149. The molecule has 1 rings (SSSR count). The van der Waals surface area contributed by atoms with E-state index in [1.807, 2.05) is 0 Å². The van der Waals surface area contributed by atoms with E-state index in [0.29, 0.717) is 5.82 Å². The Labute approximate surface area is 92.0 Å². The molecule has 0 radical (unpaired) electrons. The minimum atomic E-state index is -4.40. The van der Waals surface area contributed by atoms with Gasteiger partial charge in [0.15, 0.2) is 0 Å². The fourth-order valence-electron chi connectivity index (χ4n) is 1.33. The maximum atomic E-state index is 12.1. The van der Waals surface area contributed by atoms with Crippen molar-refractivity contribution in [3.8, 4) is 0 Å². The molecule has 16 heavy (non-hydrogen) atoms. The molecule has 0 fully saturated rings. The fraction of sp³-hybridized carbons (Fsp3) is 0.500. The van der Waals surface area contributed by atoms with Gasteiger partial charge in [0.2, 0.25) is 0 Å². The first-order chi connectivity index (χ1) is 7.31. The Balaban J connectivity index is 2.92. The largest absolute Gasteiger partial charge is 0.482 e. The minimum absolute atomic E-state index is 0.105. The summed E-state index contributed by atoms with van der Waals surface area (Å²) >= 11 is 0. The zero-order valence-corrected chi connectivity index (χ0v) is 9.39. The van der Waals surface area contributed by atoms with Crippen molar-refractivity contribution in [2.45, 2.75) is 33.5 Å². The Morgan fingerprint density at radius 3 is 2.50 bits per heavy atom. The summed E-state index contributed by atoms with van der Waals surface area (Å²) in [6.45, 7) is 5.19. The van der Waals surface area contributed by atoms with E-state index in [4.69, 9.17) is 0 Å². The van der Waals surface area contributed by atoms with Gasteiger partial charge in [-0.25, -0.2) is 4.98 Å². The Bertz CT molecular complexity index is 391. The molecule has 0 atom stereocenters. The number of allylic oxidation sites excluding steroid dienone is 1. The van der Waals surface area contributed by atoms with Gasteiger partial charge in [-0.2, -0.15) is 13.2 Å². The molecule has 1 heterocycles. The second-order valence-corrected chi connectivity index (χ2v) is 3.47. The zero-order chi connectivity index (χ0) is 12.3.